The summed E-state index contributed by atoms with van der Waals surface area (Å²) in [4.78, 5) is 11.5. The van der Waals surface area contributed by atoms with Crippen molar-refractivity contribution < 1.29 is 0 Å². The van der Waals surface area contributed by atoms with Gasteiger partial charge in [0.25, 0.3) is 0 Å². The van der Waals surface area contributed by atoms with Gasteiger partial charge in [0.1, 0.15) is 17.5 Å². The predicted octanol–water partition coefficient (Wildman–Crippen LogP) is 2.93. The van der Waals surface area contributed by atoms with Crippen LogP contribution >= 0.6 is 0 Å². The number of likely N-dealkylation sites (N-methyl/N-ethyl adjacent to an activating group) is 1. The molecule has 1 heterocycles. The Balaban J connectivity index is 2.13. The molecule has 0 aliphatic heterocycles. The van der Waals surface area contributed by atoms with Gasteiger partial charge in [0.15, 0.2) is 0 Å². The lowest BCUT2D eigenvalue weighted by atomic mass is 9.96. The number of hydrogen-bond acceptors (Lipinski definition) is 5. The first kappa shape index (κ1) is 16.0. The highest BCUT2D eigenvalue weighted by Crippen LogP contribution is 2.34. The van der Waals surface area contributed by atoms with Gasteiger partial charge in [-0.05, 0) is 26.9 Å². The molecule has 1 aromatic heterocycles. The Labute approximate surface area is 128 Å². The third-order valence-corrected chi connectivity index (χ3v) is 4.60. The summed E-state index contributed by atoms with van der Waals surface area (Å²) < 4.78 is 0. The lowest BCUT2D eigenvalue weighted by Crippen LogP contribution is -2.47. The smallest absolute Gasteiger partial charge is 0.135 e. The molecule has 0 unspecified atom stereocenters. The van der Waals surface area contributed by atoms with E-state index in [1.165, 1.54) is 25.7 Å². The number of nitrogens with zero attached hydrogens (tertiary/aromatic N) is 3. The van der Waals surface area contributed by atoms with E-state index in [9.17, 15) is 0 Å². The largest absolute Gasteiger partial charge is 0.373 e. The standard InChI is InChI=1S/C16H29N5/c1-12(2)15-19-13(17-3)10-14(20-15)18-11-16(21(4)5)8-6-7-9-16/h10,12H,6-9,11H2,1-5H3,(H2,17,18,19,20). The first-order valence-electron chi connectivity index (χ1n) is 7.95. The van der Waals surface area contributed by atoms with Gasteiger partial charge in [0, 0.05) is 31.1 Å². The maximum Gasteiger partial charge on any atom is 0.135 e. The van der Waals surface area contributed by atoms with E-state index in [1.807, 2.05) is 13.1 Å². The van der Waals surface area contributed by atoms with Crippen LogP contribution in [0, 0.1) is 0 Å². The molecule has 0 amide bonds. The van der Waals surface area contributed by atoms with Crippen molar-refractivity contribution >= 4 is 11.6 Å². The van der Waals surface area contributed by atoms with Crippen LogP contribution in [-0.2, 0) is 0 Å². The molecule has 0 saturated heterocycles. The van der Waals surface area contributed by atoms with Crippen LogP contribution in [0.25, 0.3) is 0 Å². The zero-order valence-corrected chi connectivity index (χ0v) is 14.0. The van der Waals surface area contributed by atoms with Crippen LogP contribution in [0.3, 0.4) is 0 Å². The molecule has 5 heteroatoms. The van der Waals surface area contributed by atoms with Crippen molar-refractivity contribution in [3.63, 3.8) is 0 Å². The van der Waals surface area contributed by atoms with Gasteiger partial charge in [-0.2, -0.15) is 0 Å². The number of hydrogen-bond donors (Lipinski definition) is 2. The second-order valence-electron chi connectivity index (χ2n) is 6.58. The second kappa shape index (κ2) is 6.60. The molecule has 0 aromatic carbocycles. The van der Waals surface area contributed by atoms with Gasteiger partial charge in [-0.1, -0.05) is 26.7 Å². The monoisotopic (exact) mass is 291 g/mol. The molecule has 21 heavy (non-hydrogen) atoms. The van der Waals surface area contributed by atoms with Crippen molar-refractivity contribution in [3.8, 4) is 0 Å². The average Bonchev–Trinajstić information content (AvgIpc) is 2.95. The first-order chi connectivity index (χ1) is 9.97. The van der Waals surface area contributed by atoms with Gasteiger partial charge < -0.3 is 15.5 Å². The molecule has 0 radical (unpaired) electrons. The van der Waals surface area contributed by atoms with Crippen molar-refractivity contribution in [1.29, 1.82) is 0 Å². The highest BCUT2D eigenvalue weighted by atomic mass is 15.2. The second-order valence-corrected chi connectivity index (χ2v) is 6.58. The van der Waals surface area contributed by atoms with E-state index in [-0.39, 0.29) is 5.54 Å². The van der Waals surface area contributed by atoms with Crippen LogP contribution in [-0.4, -0.2) is 48.1 Å². The Hall–Kier alpha value is -1.36. The average molecular weight is 291 g/mol. The minimum Gasteiger partial charge on any atom is -0.373 e. The third-order valence-electron chi connectivity index (χ3n) is 4.60. The van der Waals surface area contributed by atoms with Crippen LogP contribution in [0.15, 0.2) is 6.07 Å². The van der Waals surface area contributed by atoms with Crippen LogP contribution in [0.1, 0.15) is 51.3 Å². The summed E-state index contributed by atoms with van der Waals surface area (Å²) in [6.07, 6.45) is 5.16. The number of aromatic nitrogens is 2. The maximum atomic E-state index is 4.65. The van der Waals surface area contributed by atoms with E-state index in [0.29, 0.717) is 5.92 Å². The summed E-state index contributed by atoms with van der Waals surface area (Å²) in [6, 6.07) is 1.99. The Kier molecular flexibility index (Phi) is 5.04. The fraction of sp³-hybridized carbons (Fsp3) is 0.750. The SMILES string of the molecule is CNc1cc(NCC2(N(C)C)CCCC2)nc(C(C)C)n1. The van der Waals surface area contributed by atoms with Gasteiger partial charge >= 0.3 is 0 Å². The summed E-state index contributed by atoms with van der Waals surface area (Å²) in [5.41, 5.74) is 0.267. The summed E-state index contributed by atoms with van der Waals surface area (Å²) in [6.45, 7) is 5.19. The first-order valence-corrected chi connectivity index (χ1v) is 7.95. The Morgan fingerprint density at radius 2 is 1.81 bits per heavy atom. The molecule has 1 saturated carbocycles. The predicted molar refractivity (Wildman–Crippen MR) is 89.0 cm³/mol. The molecule has 1 aliphatic carbocycles. The number of rotatable bonds is 6. The van der Waals surface area contributed by atoms with E-state index in [0.717, 1.165) is 24.0 Å². The van der Waals surface area contributed by atoms with Crippen molar-refractivity contribution in [2.75, 3.05) is 38.3 Å². The molecule has 2 N–H and O–H groups in total. The number of anilines is 2. The van der Waals surface area contributed by atoms with Crippen LogP contribution < -0.4 is 10.6 Å². The van der Waals surface area contributed by atoms with Crippen molar-refractivity contribution in [2.24, 2.45) is 0 Å². The molecule has 5 nitrogen and oxygen atoms in total. The molecule has 1 aliphatic rings. The Morgan fingerprint density at radius 1 is 1.19 bits per heavy atom. The topological polar surface area (TPSA) is 53.1 Å². The van der Waals surface area contributed by atoms with Crippen LogP contribution in [0.4, 0.5) is 11.6 Å². The fourth-order valence-corrected chi connectivity index (χ4v) is 3.01. The molecule has 1 aromatic rings. The highest BCUT2D eigenvalue weighted by molar-refractivity contribution is 5.47. The van der Waals surface area contributed by atoms with Gasteiger partial charge in [-0.25, -0.2) is 9.97 Å². The van der Waals surface area contributed by atoms with Gasteiger partial charge in [0.05, 0.1) is 0 Å². The van der Waals surface area contributed by atoms with E-state index in [1.54, 1.807) is 0 Å². The molecular formula is C16H29N5. The van der Waals surface area contributed by atoms with E-state index in [4.69, 9.17) is 0 Å². The summed E-state index contributed by atoms with van der Waals surface area (Å²) in [5.74, 6) is 3.01. The number of nitrogens with one attached hydrogen (secondary N) is 2. The summed E-state index contributed by atoms with van der Waals surface area (Å²) in [5, 5.41) is 6.67. The normalized spacial score (nSPS) is 17.5. The van der Waals surface area contributed by atoms with E-state index >= 15 is 0 Å². The molecule has 118 valence electrons. The Morgan fingerprint density at radius 3 is 2.33 bits per heavy atom. The van der Waals surface area contributed by atoms with Crippen LogP contribution in [0.5, 0.6) is 0 Å². The lowest BCUT2D eigenvalue weighted by Gasteiger charge is -2.36. The zero-order chi connectivity index (χ0) is 15.5. The molecule has 1 fully saturated rings. The Bertz CT molecular complexity index is 464. The third kappa shape index (κ3) is 3.64. The molecule has 0 spiro atoms. The maximum absolute atomic E-state index is 4.65. The van der Waals surface area contributed by atoms with E-state index < -0.39 is 0 Å². The zero-order valence-electron chi connectivity index (χ0n) is 14.0. The fourth-order valence-electron chi connectivity index (χ4n) is 3.01. The minimum absolute atomic E-state index is 0.267. The van der Waals surface area contributed by atoms with E-state index in [2.05, 4.69) is 53.4 Å². The molecular weight excluding hydrogens is 262 g/mol. The highest BCUT2D eigenvalue weighted by Gasteiger charge is 2.35. The van der Waals surface area contributed by atoms with Gasteiger partial charge in [-0.15, -0.1) is 0 Å². The molecule has 0 bridgehead atoms. The molecule has 0 atom stereocenters. The minimum atomic E-state index is 0.267. The summed E-state index contributed by atoms with van der Waals surface area (Å²) >= 11 is 0. The lowest BCUT2D eigenvalue weighted by molar-refractivity contribution is 0.172. The molecule has 2 rings (SSSR count). The van der Waals surface area contributed by atoms with Crippen molar-refractivity contribution in [3.05, 3.63) is 11.9 Å². The van der Waals surface area contributed by atoms with Gasteiger partial charge in [0.2, 0.25) is 0 Å². The van der Waals surface area contributed by atoms with Crippen LogP contribution in [0.2, 0.25) is 0 Å². The quantitative estimate of drug-likeness (QED) is 0.844. The summed E-state index contributed by atoms with van der Waals surface area (Å²) in [7, 11) is 6.27. The van der Waals surface area contributed by atoms with Crippen molar-refractivity contribution in [2.45, 2.75) is 51.0 Å². The van der Waals surface area contributed by atoms with Gasteiger partial charge in [-0.3, -0.25) is 0 Å². The van der Waals surface area contributed by atoms with Crippen molar-refractivity contribution in [1.82, 2.24) is 14.9 Å².